The number of rotatable bonds is 8. The average Bonchev–Trinajstić information content (AvgIpc) is 2.61. The van der Waals surface area contributed by atoms with Crippen molar-refractivity contribution in [2.75, 3.05) is 38.0 Å². The number of carbonyl (C=O) groups is 1. The first-order chi connectivity index (χ1) is 12.7. The van der Waals surface area contributed by atoms with Crippen LogP contribution in [0.3, 0.4) is 0 Å². The van der Waals surface area contributed by atoms with Crippen LogP contribution in [0.4, 0.5) is 10.5 Å². The highest BCUT2D eigenvalue weighted by Gasteiger charge is 2.29. The number of likely N-dealkylation sites (tertiary alicyclic amines) is 1. The van der Waals surface area contributed by atoms with Gasteiger partial charge in [-0.2, -0.15) is 0 Å². The Balaban J connectivity index is 1.37. The maximum Gasteiger partial charge on any atom is 0.319 e. The Morgan fingerprint density at radius 3 is 2.46 bits per heavy atom. The number of nitrogens with zero attached hydrogens (tertiary/aromatic N) is 1. The van der Waals surface area contributed by atoms with Crippen molar-refractivity contribution in [3.05, 3.63) is 24.3 Å². The molecule has 0 bridgehead atoms. The second-order valence-electron chi connectivity index (χ2n) is 7.20. The van der Waals surface area contributed by atoms with Gasteiger partial charge in [-0.05, 0) is 56.5 Å². The highest BCUT2D eigenvalue weighted by molar-refractivity contribution is 5.89. The molecule has 1 aliphatic carbocycles. The van der Waals surface area contributed by atoms with Gasteiger partial charge >= 0.3 is 6.03 Å². The van der Waals surface area contributed by atoms with Gasteiger partial charge in [0.05, 0.1) is 0 Å². The van der Waals surface area contributed by atoms with E-state index in [1.807, 2.05) is 31.2 Å². The number of likely N-dealkylation sites (N-methyl/N-ethyl adjacent to an activating group) is 1. The molecule has 2 amide bonds. The van der Waals surface area contributed by atoms with Crippen LogP contribution in [0, 0.1) is 0 Å². The van der Waals surface area contributed by atoms with E-state index < -0.39 is 0 Å². The highest BCUT2D eigenvalue weighted by Crippen LogP contribution is 2.28. The lowest BCUT2D eigenvalue weighted by Gasteiger charge is -2.41. The van der Waals surface area contributed by atoms with Crippen molar-refractivity contribution in [2.24, 2.45) is 0 Å². The number of urea groups is 1. The van der Waals surface area contributed by atoms with Gasteiger partial charge in [0.2, 0.25) is 0 Å². The van der Waals surface area contributed by atoms with Crippen molar-refractivity contribution in [3.63, 3.8) is 0 Å². The van der Waals surface area contributed by atoms with Crippen molar-refractivity contribution in [1.29, 1.82) is 0 Å². The molecule has 0 aromatic heterocycles. The standard InChI is InChI=1S/C20H32N4O2/c1-2-21-12-13-22-20(25)23-16-6-8-18(9-7-16)26-19-10-14-24(15-11-19)17-4-3-5-17/h6-9,17,19,21H,2-5,10-15H2,1H3,(H2,22,23,25). The zero-order valence-corrected chi connectivity index (χ0v) is 15.8. The summed E-state index contributed by atoms with van der Waals surface area (Å²) in [6, 6.07) is 8.31. The molecule has 3 rings (SSSR count). The van der Waals surface area contributed by atoms with E-state index in [2.05, 4.69) is 20.9 Å². The number of nitrogens with one attached hydrogen (secondary N) is 3. The summed E-state index contributed by atoms with van der Waals surface area (Å²) in [4.78, 5) is 14.4. The Morgan fingerprint density at radius 1 is 1.12 bits per heavy atom. The van der Waals surface area contributed by atoms with Crippen molar-refractivity contribution in [3.8, 4) is 5.75 Å². The molecule has 0 atom stereocenters. The normalized spacial score (nSPS) is 19.0. The van der Waals surface area contributed by atoms with Gasteiger partial charge in [-0.1, -0.05) is 13.3 Å². The third-order valence-electron chi connectivity index (χ3n) is 5.32. The first-order valence-electron chi connectivity index (χ1n) is 10.0. The maximum atomic E-state index is 11.8. The Kier molecular flexibility index (Phi) is 7.14. The summed E-state index contributed by atoms with van der Waals surface area (Å²) in [5, 5.41) is 8.83. The van der Waals surface area contributed by atoms with Crippen molar-refractivity contribution >= 4 is 11.7 Å². The zero-order chi connectivity index (χ0) is 18.2. The van der Waals surface area contributed by atoms with E-state index in [-0.39, 0.29) is 6.03 Å². The molecule has 1 aromatic carbocycles. The van der Waals surface area contributed by atoms with E-state index in [4.69, 9.17) is 4.74 Å². The molecule has 0 radical (unpaired) electrons. The molecule has 2 fully saturated rings. The van der Waals surface area contributed by atoms with E-state index in [9.17, 15) is 4.79 Å². The van der Waals surface area contributed by atoms with Crippen LogP contribution in [0.2, 0.25) is 0 Å². The topological polar surface area (TPSA) is 65.6 Å². The molecule has 1 saturated carbocycles. The quantitative estimate of drug-likeness (QED) is 0.624. The number of amides is 2. The van der Waals surface area contributed by atoms with E-state index in [1.165, 1.54) is 19.3 Å². The number of hydrogen-bond donors (Lipinski definition) is 3. The van der Waals surface area contributed by atoms with Gasteiger partial charge < -0.3 is 25.6 Å². The number of benzene rings is 1. The highest BCUT2D eigenvalue weighted by atomic mass is 16.5. The summed E-state index contributed by atoms with van der Waals surface area (Å²) in [6.07, 6.45) is 6.66. The van der Waals surface area contributed by atoms with Crippen molar-refractivity contribution in [2.45, 2.75) is 51.2 Å². The van der Waals surface area contributed by atoms with Crippen LogP contribution < -0.4 is 20.7 Å². The SMILES string of the molecule is CCNCCNC(=O)Nc1ccc(OC2CCN(C3CCC3)CC2)cc1. The molecule has 1 aliphatic heterocycles. The summed E-state index contributed by atoms with van der Waals surface area (Å²) in [5.74, 6) is 0.880. The summed E-state index contributed by atoms with van der Waals surface area (Å²) in [7, 11) is 0. The number of hydrogen-bond acceptors (Lipinski definition) is 4. The smallest absolute Gasteiger partial charge is 0.319 e. The predicted octanol–water partition coefficient (Wildman–Crippen LogP) is 2.81. The van der Waals surface area contributed by atoms with Gasteiger partial charge in [0.25, 0.3) is 0 Å². The van der Waals surface area contributed by atoms with Crippen LogP contribution in [0.25, 0.3) is 0 Å². The third kappa shape index (κ3) is 5.61. The fourth-order valence-electron chi connectivity index (χ4n) is 3.54. The van der Waals surface area contributed by atoms with E-state index >= 15 is 0 Å². The van der Waals surface area contributed by atoms with Crippen LogP contribution in [-0.4, -0.2) is 55.8 Å². The predicted molar refractivity (Wildman–Crippen MR) is 105 cm³/mol. The minimum absolute atomic E-state index is 0.181. The lowest BCUT2D eigenvalue weighted by molar-refractivity contribution is 0.0493. The number of ether oxygens (including phenoxy) is 1. The molecule has 1 saturated heterocycles. The average molecular weight is 361 g/mol. The lowest BCUT2D eigenvalue weighted by atomic mass is 9.90. The van der Waals surface area contributed by atoms with Crippen LogP contribution in [0.5, 0.6) is 5.75 Å². The van der Waals surface area contributed by atoms with Gasteiger partial charge in [0.15, 0.2) is 0 Å². The molecule has 6 nitrogen and oxygen atoms in total. The molecule has 144 valence electrons. The molecule has 0 spiro atoms. The molecule has 0 unspecified atom stereocenters. The Bertz CT molecular complexity index is 551. The van der Waals surface area contributed by atoms with Gasteiger partial charge in [-0.25, -0.2) is 4.79 Å². The number of carbonyl (C=O) groups excluding carboxylic acids is 1. The van der Waals surface area contributed by atoms with Gasteiger partial charge in [0, 0.05) is 37.9 Å². The number of anilines is 1. The molecule has 3 N–H and O–H groups in total. The Hall–Kier alpha value is -1.79. The van der Waals surface area contributed by atoms with Gasteiger partial charge in [-0.3, -0.25) is 0 Å². The first-order valence-corrected chi connectivity index (χ1v) is 10.0. The lowest BCUT2D eigenvalue weighted by Crippen LogP contribution is -2.46. The van der Waals surface area contributed by atoms with E-state index in [1.54, 1.807) is 0 Å². The van der Waals surface area contributed by atoms with E-state index in [0.29, 0.717) is 12.6 Å². The molecule has 6 heteroatoms. The zero-order valence-electron chi connectivity index (χ0n) is 15.8. The van der Waals surface area contributed by atoms with Crippen molar-refractivity contribution in [1.82, 2.24) is 15.5 Å². The van der Waals surface area contributed by atoms with Gasteiger partial charge in [0.1, 0.15) is 11.9 Å². The fourth-order valence-corrected chi connectivity index (χ4v) is 3.54. The van der Waals surface area contributed by atoms with Crippen LogP contribution in [0.1, 0.15) is 39.0 Å². The van der Waals surface area contributed by atoms with Crippen LogP contribution in [-0.2, 0) is 0 Å². The molecule has 2 aliphatic rings. The maximum absolute atomic E-state index is 11.8. The monoisotopic (exact) mass is 360 g/mol. The molecule has 1 heterocycles. The third-order valence-corrected chi connectivity index (χ3v) is 5.32. The molecular formula is C20H32N4O2. The van der Waals surface area contributed by atoms with Crippen LogP contribution >= 0.6 is 0 Å². The summed E-state index contributed by atoms with van der Waals surface area (Å²) < 4.78 is 6.12. The Labute approximate surface area is 156 Å². The minimum Gasteiger partial charge on any atom is -0.490 e. The van der Waals surface area contributed by atoms with E-state index in [0.717, 1.165) is 56.5 Å². The Morgan fingerprint density at radius 2 is 1.85 bits per heavy atom. The van der Waals surface area contributed by atoms with Crippen LogP contribution in [0.15, 0.2) is 24.3 Å². The largest absolute Gasteiger partial charge is 0.490 e. The summed E-state index contributed by atoms with van der Waals surface area (Å²) >= 11 is 0. The fraction of sp³-hybridized carbons (Fsp3) is 0.650. The van der Waals surface area contributed by atoms with Gasteiger partial charge in [-0.15, -0.1) is 0 Å². The second-order valence-corrected chi connectivity index (χ2v) is 7.20. The summed E-state index contributed by atoms with van der Waals surface area (Å²) in [5.41, 5.74) is 0.776. The van der Waals surface area contributed by atoms with Crippen molar-refractivity contribution < 1.29 is 9.53 Å². The molecular weight excluding hydrogens is 328 g/mol. The number of piperidine rings is 1. The second kappa shape index (κ2) is 9.78. The molecule has 1 aromatic rings. The summed E-state index contributed by atoms with van der Waals surface area (Å²) in [6.45, 7) is 6.65. The first kappa shape index (κ1) is 19.0. The molecule has 26 heavy (non-hydrogen) atoms. The minimum atomic E-state index is -0.181.